The second-order valence-corrected chi connectivity index (χ2v) is 8.44. The molecule has 0 radical (unpaired) electrons. The van der Waals surface area contributed by atoms with Crippen LogP contribution in [0.5, 0.6) is 0 Å². The van der Waals surface area contributed by atoms with Gasteiger partial charge in [-0.05, 0) is 31.9 Å². The van der Waals surface area contributed by atoms with Crippen molar-refractivity contribution < 1.29 is 52.1 Å². The largest absolute Gasteiger partial charge is 1.00 e. The van der Waals surface area contributed by atoms with E-state index >= 15 is 0 Å². The minimum Gasteiger partial charge on any atom is -0.747 e. The molecular weight excluding hydrogens is 363 g/mol. The van der Waals surface area contributed by atoms with E-state index in [9.17, 15) is 17.8 Å². The fourth-order valence-corrected chi connectivity index (χ4v) is 3.55. The van der Waals surface area contributed by atoms with Gasteiger partial charge in [-0.1, -0.05) is 60.7 Å². The van der Waals surface area contributed by atoms with Crippen LogP contribution in [0, 0.1) is 5.41 Å². The van der Waals surface area contributed by atoms with Gasteiger partial charge in [-0.25, -0.2) is 8.42 Å². The van der Waals surface area contributed by atoms with Crippen molar-refractivity contribution in [2.24, 2.45) is 5.41 Å². The minimum absolute atomic E-state index is 0. The van der Waals surface area contributed by atoms with Gasteiger partial charge in [0.05, 0.1) is 5.41 Å². The van der Waals surface area contributed by atoms with Crippen LogP contribution in [0.15, 0.2) is 60.7 Å². The first-order chi connectivity index (χ1) is 11.6. The van der Waals surface area contributed by atoms with Crippen LogP contribution < -0.4 is 29.6 Å². The van der Waals surface area contributed by atoms with E-state index in [1.807, 2.05) is 0 Å². The molecular formula is C19H21NaO5S. The summed E-state index contributed by atoms with van der Waals surface area (Å²) in [6.07, 6.45) is 0. The molecule has 0 saturated heterocycles. The Labute approximate surface area is 176 Å². The van der Waals surface area contributed by atoms with Gasteiger partial charge in [-0.3, -0.25) is 4.79 Å². The molecule has 7 heteroatoms. The predicted molar refractivity (Wildman–Crippen MR) is 93.8 cm³/mol. The second kappa shape index (κ2) is 8.67. The maximum Gasteiger partial charge on any atom is 1.00 e. The third-order valence-electron chi connectivity index (χ3n) is 3.93. The Hall–Kier alpha value is -1.18. The number of rotatable bonds is 5. The molecule has 26 heavy (non-hydrogen) atoms. The number of esters is 1. The van der Waals surface area contributed by atoms with E-state index in [1.165, 1.54) is 0 Å². The van der Waals surface area contributed by atoms with Crippen LogP contribution in [-0.2, 0) is 24.4 Å². The molecule has 0 saturated carbocycles. The molecule has 5 nitrogen and oxygen atoms in total. The predicted octanol–water partition coefficient (Wildman–Crippen LogP) is 0.0687. The van der Waals surface area contributed by atoms with Crippen LogP contribution >= 0.6 is 0 Å². The summed E-state index contributed by atoms with van der Waals surface area (Å²) >= 11 is 0. The second-order valence-electron chi connectivity index (χ2n) is 6.84. The molecule has 0 unspecified atom stereocenters. The van der Waals surface area contributed by atoms with E-state index in [1.54, 1.807) is 81.4 Å². The van der Waals surface area contributed by atoms with Gasteiger partial charge in [0.25, 0.3) is 0 Å². The van der Waals surface area contributed by atoms with E-state index < -0.39 is 32.9 Å². The molecule has 0 heterocycles. The average molecular weight is 384 g/mol. The fourth-order valence-electron chi connectivity index (χ4n) is 2.49. The number of ether oxygens (including phenoxy) is 1. The molecule has 0 bridgehead atoms. The smallest absolute Gasteiger partial charge is 0.747 e. The number of carbonyl (C=O) groups excluding carboxylic acids is 1. The first kappa shape index (κ1) is 22.9. The number of hydrogen-bond donors (Lipinski definition) is 0. The molecule has 0 fully saturated rings. The Balaban J connectivity index is 0.00000338. The van der Waals surface area contributed by atoms with Gasteiger partial charge in [0.15, 0.2) is 0 Å². The van der Waals surface area contributed by atoms with Gasteiger partial charge >= 0.3 is 35.5 Å². The molecule has 0 spiro atoms. The van der Waals surface area contributed by atoms with E-state index in [0.29, 0.717) is 0 Å². The van der Waals surface area contributed by atoms with Crippen molar-refractivity contribution in [2.75, 3.05) is 6.61 Å². The molecule has 0 aliphatic carbocycles. The quantitative estimate of drug-likeness (QED) is 0.414. The monoisotopic (exact) mass is 384 g/mol. The summed E-state index contributed by atoms with van der Waals surface area (Å²) in [6.45, 7) is 4.40. The maximum atomic E-state index is 12.4. The number of carbonyl (C=O) groups is 1. The molecule has 0 aromatic heterocycles. The Kier molecular flexibility index (Phi) is 7.62. The van der Waals surface area contributed by atoms with Crippen LogP contribution in [-0.4, -0.2) is 25.5 Å². The van der Waals surface area contributed by atoms with E-state index in [2.05, 4.69) is 0 Å². The van der Waals surface area contributed by atoms with Gasteiger partial charge in [0.1, 0.15) is 21.5 Å². The summed E-state index contributed by atoms with van der Waals surface area (Å²) in [5.41, 5.74) is -0.290. The van der Waals surface area contributed by atoms with Crippen LogP contribution in [0.4, 0.5) is 0 Å². The van der Waals surface area contributed by atoms with Gasteiger partial charge in [0, 0.05) is 0 Å². The van der Waals surface area contributed by atoms with Crippen molar-refractivity contribution in [1.29, 1.82) is 0 Å². The Morgan fingerprint density at radius 1 is 0.923 bits per heavy atom. The molecule has 0 atom stereocenters. The molecule has 0 aliphatic heterocycles. The van der Waals surface area contributed by atoms with Gasteiger partial charge in [-0.2, -0.15) is 0 Å². The standard InChI is InChI=1S/C19H22O5S.Na/c1-18(2,3)17(20)24-14-19(25(21,22)23,15-10-6-4-7-11-15)16-12-8-5-9-13-16;/h4-13H,14H2,1-3H3,(H,21,22,23);/q;+1/p-1. The summed E-state index contributed by atoms with van der Waals surface area (Å²) in [5, 5.41) is 0. The van der Waals surface area contributed by atoms with E-state index in [0.717, 1.165) is 0 Å². The van der Waals surface area contributed by atoms with Crippen molar-refractivity contribution in [3.05, 3.63) is 71.8 Å². The zero-order valence-corrected chi connectivity index (χ0v) is 18.2. The average Bonchev–Trinajstić information content (AvgIpc) is 2.55. The molecule has 2 aromatic carbocycles. The molecule has 0 N–H and O–H groups in total. The van der Waals surface area contributed by atoms with Crippen molar-refractivity contribution >= 4 is 16.1 Å². The van der Waals surface area contributed by atoms with Gasteiger partial charge in [-0.15, -0.1) is 0 Å². The summed E-state index contributed by atoms with van der Waals surface area (Å²) in [7, 11) is -4.90. The summed E-state index contributed by atoms with van der Waals surface area (Å²) < 4.78 is 40.4. The molecule has 0 amide bonds. The van der Waals surface area contributed by atoms with Crippen LogP contribution in [0.1, 0.15) is 31.9 Å². The topological polar surface area (TPSA) is 83.5 Å². The molecule has 2 rings (SSSR count). The van der Waals surface area contributed by atoms with Crippen molar-refractivity contribution in [1.82, 2.24) is 0 Å². The van der Waals surface area contributed by atoms with Gasteiger partial charge < -0.3 is 9.29 Å². The third kappa shape index (κ3) is 4.75. The van der Waals surface area contributed by atoms with E-state index in [4.69, 9.17) is 4.74 Å². The minimum atomic E-state index is -4.90. The third-order valence-corrected chi connectivity index (χ3v) is 5.37. The van der Waals surface area contributed by atoms with Crippen LogP contribution in [0.2, 0.25) is 0 Å². The molecule has 2 aromatic rings. The Morgan fingerprint density at radius 2 is 1.31 bits per heavy atom. The zero-order chi connectivity index (χ0) is 18.7. The summed E-state index contributed by atoms with van der Waals surface area (Å²) in [5.74, 6) is -0.576. The van der Waals surface area contributed by atoms with Gasteiger partial charge in [0.2, 0.25) is 0 Å². The SMILES string of the molecule is CC(C)(C)C(=O)OCC(c1ccccc1)(c1ccccc1)S(=O)(=O)[O-].[Na+]. The van der Waals surface area contributed by atoms with Crippen molar-refractivity contribution in [2.45, 2.75) is 25.5 Å². The zero-order valence-electron chi connectivity index (χ0n) is 15.4. The maximum absolute atomic E-state index is 12.4. The molecule has 0 aliphatic rings. The van der Waals surface area contributed by atoms with Crippen LogP contribution in [0.3, 0.4) is 0 Å². The number of benzene rings is 2. The first-order valence-corrected chi connectivity index (χ1v) is 9.23. The number of hydrogen-bond acceptors (Lipinski definition) is 5. The summed E-state index contributed by atoms with van der Waals surface area (Å²) in [4.78, 5) is 12.2. The molecule has 134 valence electrons. The van der Waals surface area contributed by atoms with Crippen molar-refractivity contribution in [3.8, 4) is 0 Å². The van der Waals surface area contributed by atoms with Crippen molar-refractivity contribution in [3.63, 3.8) is 0 Å². The Bertz CT molecular complexity index is 788. The fraction of sp³-hybridized carbons (Fsp3) is 0.316. The van der Waals surface area contributed by atoms with Crippen LogP contribution in [0.25, 0.3) is 0 Å². The Morgan fingerprint density at radius 3 is 1.62 bits per heavy atom. The summed E-state index contributed by atoms with van der Waals surface area (Å²) in [6, 6.07) is 16.2. The first-order valence-electron chi connectivity index (χ1n) is 7.83. The van der Waals surface area contributed by atoms with E-state index in [-0.39, 0.29) is 40.7 Å². The normalized spacial score (nSPS) is 12.2.